The average molecular weight is 239 g/mol. The van der Waals surface area contributed by atoms with Crippen LogP contribution < -0.4 is 0 Å². The van der Waals surface area contributed by atoms with E-state index < -0.39 is 0 Å². The Bertz CT molecular complexity index is 274. The molecule has 2 rings (SSSR count). The summed E-state index contributed by atoms with van der Waals surface area (Å²) < 4.78 is 5.74. The van der Waals surface area contributed by atoms with E-state index in [9.17, 15) is 0 Å². The second kappa shape index (κ2) is 4.24. The van der Waals surface area contributed by atoms with Crippen LogP contribution in [0.5, 0.6) is 0 Å². The summed E-state index contributed by atoms with van der Waals surface area (Å²) in [6.07, 6.45) is 1.25. The molecular formula is C15H29NO. The number of nitrogens with zero attached hydrogens (tertiary/aromatic N) is 1. The number of hydrogen-bond acceptors (Lipinski definition) is 2. The van der Waals surface area contributed by atoms with Crippen molar-refractivity contribution in [2.75, 3.05) is 19.8 Å². The highest BCUT2D eigenvalue weighted by molar-refractivity contribution is 5.03. The molecular weight excluding hydrogens is 210 g/mol. The van der Waals surface area contributed by atoms with Gasteiger partial charge in [-0.3, -0.25) is 4.90 Å². The first-order valence-corrected chi connectivity index (χ1v) is 7.06. The maximum Gasteiger partial charge on any atom is 0.0512 e. The van der Waals surface area contributed by atoms with E-state index in [4.69, 9.17) is 4.74 Å². The molecule has 0 aromatic rings. The number of fused-ring (bicyclic) bond motifs is 1. The van der Waals surface area contributed by atoms with E-state index in [0.29, 0.717) is 11.5 Å². The molecule has 2 heterocycles. The zero-order valence-corrected chi connectivity index (χ0v) is 12.4. The monoisotopic (exact) mass is 239 g/mol. The Kier molecular flexibility index (Phi) is 3.33. The molecule has 0 aliphatic carbocycles. The molecule has 0 radical (unpaired) electrons. The third-order valence-corrected chi connectivity index (χ3v) is 4.47. The standard InChI is InChI=1S/C15H29NO/c1-14(2,3)13-12-10-17-8-7-11(12)9-16(13)15(4,5)6/h11-13H,7-10H2,1-6H3. The van der Waals surface area contributed by atoms with Gasteiger partial charge in [-0.25, -0.2) is 0 Å². The smallest absolute Gasteiger partial charge is 0.0512 e. The normalized spacial score (nSPS) is 36.0. The molecule has 17 heavy (non-hydrogen) atoms. The molecule has 3 atom stereocenters. The molecule has 2 aliphatic rings. The van der Waals surface area contributed by atoms with Crippen molar-refractivity contribution in [3.8, 4) is 0 Å². The maximum absolute atomic E-state index is 5.74. The molecule has 2 fully saturated rings. The van der Waals surface area contributed by atoms with Gasteiger partial charge in [-0.2, -0.15) is 0 Å². The van der Waals surface area contributed by atoms with Crippen molar-refractivity contribution in [2.45, 2.75) is 59.5 Å². The van der Waals surface area contributed by atoms with Crippen molar-refractivity contribution in [2.24, 2.45) is 17.3 Å². The minimum Gasteiger partial charge on any atom is -0.381 e. The fraction of sp³-hybridized carbons (Fsp3) is 1.00. The maximum atomic E-state index is 5.74. The highest BCUT2D eigenvalue weighted by Gasteiger charge is 2.50. The minimum absolute atomic E-state index is 0.273. The van der Waals surface area contributed by atoms with Crippen LogP contribution in [0.4, 0.5) is 0 Å². The molecule has 0 N–H and O–H groups in total. The molecule has 0 bridgehead atoms. The predicted molar refractivity (Wildman–Crippen MR) is 72.1 cm³/mol. The third kappa shape index (κ3) is 2.53. The van der Waals surface area contributed by atoms with Crippen LogP contribution in [-0.2, 0) is 4.74 Å². The summed E-state index contributed by atoms with van der Waals surface area (Å²) in [4.78, 5) is 2.73. The summed E-state index contributed by atoms with van der Waals surface area (Å²) in [7, 11) is 0. The fourth-order valence-corrected chi connectivity index (χ4v) is 3.78. The van der Waals surface area contributed by atoms with E-state index >= 15 is 0 Å². The van der Waals surface area contributed by atoms with E-state index in [-0.39, 0.29) is 5.54 Å². The zero-order chi connectivity index (χ0) is 12.8. The lowest BCUT2D eigenvalue weighted by molar-refractivity contribution is -0.0110. The van der Waals surface area contributed by atoms with Crippen molar-refractivity contribution in [1.29, 1.82) is 0 Å². The Hall–Kier alpha value is -0.0800. The molecule has 2 saturated heterocycles. The molecule has 2 heteroatoms. The first kappa shape index (κ1) is 13.4. The molecule has 0 spiro atoms. The lowest BCUT2D eigenvalue weighted by Gasteiger charge is -2.45. The molecule has 0 aromatic heterocycles. The van der Waals surface area contributed by atoms with E-state index in [0.717, 1.165) is 25.0 Å². The summed E-state index contributed by atoms with van der Waals surface area (Å²) in [5, 5.41) is 0. The summed E-state index contributed by atoms with van der Waals surface area (Å²) in [5.41, 5.74) is 0.614. The summed E-state index contributed by atoms with van der Waals surface area (Å²) >= 11 is 0. The topological polar surface area (TPSA) is 12.5 Å². The van der Waals surface area contributed by atoms with Gasteiger partial charge in [0, 0.05) is 30.7 Å². The number of ether oxygens (including phenoxy) is 1. The second-order valence-corrected chi connectivity index (χ2v) is 7.92. The van der Waals surface area contributed by atoms with Gasteiger partial charge in [-0.15, -0.1) is 0 Å². The van der Waals surface area contributed by atoms with Gasteiger partial charge in [0.15, 0.2) is 0 Å². The molecule has 3 unspecified atom stereocenters. The molecule has 0 amide bonds. The van der Waals surface area contributed by atoms with Gasteiger partial charge in [-0.1, -0.05) is 20.8 Å². The summed E-state index contributed by atoms with van der Waals surface area (Å²) in [5.74, 6) is 1.59. The quantitative estimate of drug-likeness (QED) is 0.644. The largest absolute Gasteiger partial charge is 0.381 e. The van der Waals surface area contributed by atoms with Crippen LogP contribution in [0.15, 0.2) is 0 Å². The Morgan fingerprint density at radius 1 is 1.06 bits per heavy atom. The first-order chi connectivity index (χ1) is 7.71. The zero-order valence-electron chi connectivity index (χ0n) is 12.4. The molecule has 2 nitrogen and oxygen atoms in total. The summed E-state index contributed by atoms with van der Waals surface area (Å²) in [6, 6.07) is 0.660. The van der Waals surface area contributed by atoms with E-state index in [1.54, 1.807) is 0 Å². The van der Waals surface area contributed by atoms with Crippen LogP contribution in [0.2, 0.25) is 0 Å². The van der Waals surface area contributed by atoms with Gasteiger partial charge in [0.05, 0.1) is 6.61 Å². The lowest BCUT2D eigenvalue weighted by Crippen LogP contribution is -2.52. The summed E-state index contributed by atoms with van der Waals surface area (Å²) in [6.45, 7) is 17.4. The van der Waals surface area contributed by atoms with Gasteiger partial charge >= 0.3 is 0 Å². The fourth-order valence-electron chi connectivity index (χ4n) is 3.78. The second-order valence-electron chi connectivity index (χ2n) is 7.92. The Labute approximate surface area is 107 Å². The minimum atomic E-state index is 0.273. The van der Waals surface area contributed by atoms with E-state index in [1.165, 1.54) is 13.0 Å². The van der Waals surface area contributed by atoms with Crippen molar-refractivity contribution in [3.05, 3.63) is 0 Å². The number of likely N-dealkylation sites (tertiary alicyclic amines) is 1. The Balaban J connectivity index is 2.27. The van der Waals surface area contributed by atoms with Gasteiger partial charge in [0.25, 0.3) is 0 Å². The molecule has 100 valence electrons. The third-order valence-electron chi connectivity index (χ3n) is 4.47. The first-order valence-electron chi connectivity index (χ1n) is 7.06. The van der Waals surface area contributed by atoms with Gasteiger partial charge < -0.3 is 4.74 Å². The van der Waals surface area contributed by atoms with Crippen LogP contribution in [0.1, 0.15) is 48.0 Å². The molecule has 2 aliphatic heterocycles. The van der Waals surface area contributed by atoms with Crippen molar-refractivity contribution >= 4 is 0 Å². The van der Waals surface area contributed by atoms with Crippen LogP contribution in [-0.4, -0.2) is 36.2 Å². The Morgan fingerprint density at radius 2 is 1.71 bits per heavy atom. The average Bonchev–Trinajstić information content (AvgIpc) is 2.54. The van der Waals surface area contributed by atoms with Crippen LogP contribution >= 0.6 is 0 Å². The van der Waals surface area contributed by atoms with Crippen LogP contribution in [0.3, 0.4) is 0 Å². The number of rotatable bonds is 0. The number of hydrogen-bond donors (Lipinski definition) is 0. The highest BCUT2D eigenvalue weighted by atomic mass is 16.5. The van der Waals surface area contributed by atoms with E-state index in [2.05, 4.69) is 46.4 Å². The van der Waals surface area contributed by atoms with Crippen molar-refractivity contribution in [1.82, 2.24) is 4.90 Å². The molecule has 0 aromatic carbocycles. The van der Waals surface area contributed by atoms with Crippen LogP contribution in [0, 0.1) is 17.3 Å². The predicted octanol–water partition coefficient (Wildman–Crippen LogP) is 3.17. The lowest BCUT2D eigenvalue weighted by atomic mass is 9.75. The SMILES string of the molecule is CC(C)(C)C1C2COCCC2CN1C(C)(C)C. The van der Waals surface area contributed by atoms with Crippen LogP contribution in [0.25, 0.3) is 0 Å². The van der Waals surface area contributed by atoms with Gasteiger partial charge in [0.1, 0.15) is 0 Å². The van der Waals surface area contributed by atoms with Gasteiger partial charge in [0.2, 0.25) is 0 Å². The van der Waals surface area contributed by atoms with Crippen molar-refractivity contribution < 1.29 is 4.74 Å². The Morgan fingerprint density at radius 3 is 2.24 bits per heavy atom. The van der Waals surface area contributed by atoms with Crippen molar-refractivity contribution in [3.63, 3.8) is 0 Å². The van der Waals surface area contributed by atoms with Gasteiger partial charge in [-0.05, 0) is 38.5 Å². The molecule has 0 saturated carbocycles. The highest BCUT2D eigenvalue weighted by Crippen LogP contribution is 2.45. The van der Waals surface area contributed by atoms with E-state index in [1.807, 2.05) is 0 Å².